The first kappa shape index (κ1) is 19.0. The topological polar surface area (TPSA) is 94.1 Å². The third-order valence-electron chi connectivity index (χ3n) is 3.64. The summed E-state index contributed by atoms with van der Waals surface area (Å²) >= 11 is 12.0. The predicted octanol–water partition coefficient (Wildman–Crippen LogP) is 3.09. The molecule has 134 valence electrons. The molecule has 1 aliphatic heterocycles. The van der Waals surface area contributed by atoms with Crippen molar-refractivity contribution in [3.05, 3.63) is 28.2 Å². The van der Waals surface area contributed by atoms with Crippen molar-refractivity contribution in [3.63, 3.8) is 0 Å². The number of amides is 6. The summed E-state index contributed by atoms with van der Waals surface area (Å²) in [5, 5.41) is 5.36. The number of imide groups is 1. The lowest BCUT2D eigenvalue weighted by molar-refractivity contribution is 0.179. The smallest absolute Gasteiger partial charge is 0.341 e. The summed E-state index contributed by atoms with van der Waals surface area (Å²) in [5.41, 5.74) is -0.886. The minimum Gasteiger partial charge on any atom is -0.341 e. The highest BCUT2D eigenvalue weighted by Gasteiger charge is 2.53. The number of hydrogen-bond donors (Lipinski definition) is 2. The van der Waals surface area contributed by atoms with E-state index in [0.717, 1.165) is 9.80 Å². The molecule has 1 aromatic rings. The van der Waals surface area contributed by atoms with Crippen LogP contribution in [0.4, 0.5) is 20.1 Å². The first-order chi connectivity index (χ1) is 11.6. The molecule has 1 heterocycles. The molecule has 1 aliphatic rings. The van der Waals surface area contributed by atoms with E-state index < -0.39 is 23.6 Å². The minimum absolute atomic E-state index is 0.0683. The number of nitrogens with one attached hydrogen (secondary N) is 2. The van der Waals surface area contributed by atoms with Gasteiger partial charge in [-0.05, 0) is 32.0 Å². The van der Waals surface area contributed by atoms with Crippen LogP contribution in [0.2, 0.25) is 10.0 Å². The van der Waals surface area contributed by atoms with Gasteiger partial charge in [0.1, 0.15) is 11.4 Å². The van der Waals surface area contributed by atoms with Crippen LogP contribution < -0.4 is 15.5 Å². The highest BCUT2D eigenvalue weighted by atomic mass is 35.5. The summed E-state index contributed by atoms with van der Waals surface area (Å²) in [5.74, 6) is 0.0683. The quantitative estimate of drug-likeness (QED) is 0.777. The lowest BCUT2D eigenvalue weighted by Gasteiger charge is -2.27. The Balaban J connectivity index is 2.69. The maximum Gasteiger partial charge on any atom is 0.342 e. The van der Waals surface area contributed by atoms with E-state index in [4.69, 9.17) is 23.2 Å². The van der Waals surface area contributed by atoms with Gasteiger partial charge in [-0.25, -0.2) is 24.2 Å². The Bertz CT molecular complexity index is 758. The number of carbonyl (C=O) groups excluding carboxylic acids is 3. The van der Waals surface area contributed by atoms with E-state index in [1.165, 1.54) is 32.3 Å². The second-order valence-corrected chi connectivity index (χ2v) is 6.56. The zero-order valence-corrected chi connectivity index (χ0v) is 15.6. The van der Waals surface area contributed by atoms with Gasteiger partial charge >= 0.3 is 18.1 Å². The van der Waals surface area contributed by atoms with Crippen molar-refractivity contribution in [1.82, 2.24) is 15.5 Å². The molecule has 1 saturated heterocycles. The van der Waals surface area contributed by atoms with Crippen molar-refractivity contribution >= 4 is 52.8 Å². The molecule has 0 aromatic heterocycles. The van der Waals surface area contributed by atoms with Crippen LogP contribution in [0.5, 0.6) is 0 Å². The van der Waals surface area contributed by atoms with E-state index in [0.29, 0.717) is 15.7 Å². The minimum atomic E-state index is -1.18. The van der Waals surface area contributed by atoms with Crippen molar-refractivity contribution in [2.75, 3.05) is 19.0 Å². The van der Waals surface area contributed by atoms with Crippen molar-refractivity contribution in [3.8, 4) is 0 Å². The van der Waals surface area contributed by atoms with E-state index in [9.17, 15) is 14.4 Å². The van der Waals surface area contributed by atoms with Gasteiger partial charge in [-0.1, -0.05) is 23.2 Å². The lowest BCUT2D eigenvalue weighted by Crippen LogP contribution is -2.51. The van der Waals surface area contributed by atoms with Crippen molar-refractivity contribution in [2.45, 2.75) is 19.4 Å². The molecule has 0 bridgehead atoms. The number of aliphatic imine (C=N–C) groups is 1. The van der Waals surface area contributed by atoms with Crippen LogP contribution in [0.1, 0.15) is 13.8 Å². The fourth-order valence-corrected chi connectivity index (χ4v) is 3.01. The Morgan fingerprint density at radius 1 is 1.08 bits per heavy atom. The SMILES string of the molecule is CNC(=O)/N=C1\N(c2cc(Cl)cc(Cl)c2)C(=O)N(C(=O)NC)C1(C)C. The Morgan fingerprint density at radius 3 is 2.12 bits per heavy atom. The van der Waals surface area contributed by atoms with Gasteiger partial charge in [0.2, 0.25) is 0 Å². The number of carbonyl (C=O) groups is 3. The highest BCUT2D eigenvalue weighted by Crippen LogP contribution is 2.35. The predicted molar refractivity (Wildman–Crippen MR) is 96.6 cm³/mol. The number of anilines is 1. The Morgan fingerprint density at radius 2 is 1.64 bits per heavy atom. The van der Waals surface area contributed by atoms with Gasteiger partial charge < -0.3 is 10.6 Å². The van der Waals surface area contributed by atoms with E-state index >= 15 is 0 Å². The van der Waals surface area contributed by atoms with E-state index in [1.54, 1.807) is 13.8 Å². The summed E-state index contributed by atoms with van der Waals surface area (Å²) in [6.07, 6.45) is 0. The van der Waals surface area contributed by atoms with Crippen LogP contribution in [0.3, 0.4) is 0 Å². The molecule has 10 heteroatoms. The van der Waals surface area contributed by atoms with Crippen LogP contribution in [-0.4, -0.2) is 48.5 Å². The van der Waals surface area contributed by atoms with Gasteiger partial charge in [0.25, 0.3) is 0 Å². The molecule has 0 radical (unpaired) electrons. The molecule has 2 N–H and O–H groups in total. The normalized spacial score (nSPS) is 17.8. The standard InChI is InChI=1S/C15H17Cl2N5O3/c1-15(2)11(20-12(23)18-3)21(14(25)22(15)13(24)19-4)10-6-8(16)5-9(17)7-10/h5-7H,1-4H3,(H,18,23)(H,19,24)/b20-11-. The van der Waals surface area contributed by atoms with Gasteiger partial charge in [0.15, 0.2) is 0 Å². The van der Waals surface area contributed by atoms with E-state index in [1.807, 2.05) is 0 Å². The molecule has 0 saturated carbocycles. The summed E-state index contributed by atoms with van der Waals surface area (Å²) in [4.78, 5) is 43.0. The first-order valence-electron chi connectivity index (χ1n) is 7.26. The Labute approximate surface area is 154 Å². The maximum absolute atomic E-state index is 12.9. The fraction of sp³-hybridized carbons (Fsp3) is 0.333. The third kappa shape index (κ3) is 3.40. The summed E-state index contributed by atoms with van der Waals surface area (Å²) in [7, 11) is 2.81. The van der Waals surface area contributed by atoms with Crippen LogP contribution >= 0.6 is 23.2 Å². The van der Waals surface area contributed by atoms with Crippen molar-refractivity contribution in [2.24, 2.45) is 4.99 Å². The molecule has 1 fully saturated rings. The molecule has 0 spiro atoms. The largest absolute Gasteiger partial charge is 0.342 e. The Hall–Kier alpha value is -2.32. The van der Waals surface area contributed by atoms with Crippen LogP contribution in [-0.2, 0) is 0 Å². The molecule has 8 nitrogen and oxygen atoms in total. The number of hydrogen-bond acceptors (Lipinski definition) is 3. The average Bonchev–Trinajstić information content (AvgIpc) is 2.71. The molecule has 25 heavy (non-hydrogen) atoms. The van der Waals surface area contributed by atoms with E-state index in [2.05, 4.69) is 15.6 Å². The van der Waals surface area contributed by atoms with Gasteiger partial charge in [0, 0.05) is 24.1 Å². The molecular formula is C15H17Cl2N5O3. The molecule has 1 aromatic carbocycles. The Kier molecular flexibility index (Phi) is 5.24. The molecule has 0 unspecified atom stereocenters. The van der Waals surface area contributed by atoms with Crippen LogP contribution in [0, 0.1) is 0 Å². The summed E-state index contributed by atoms with van der Waals surface area (Å²) in [6.45, 7) is 3.21. The molecule has 6 amide bonds. The van der Waals surface area contributed by atoms with Crippen molar-refractivity contribution < 1.29 is 14.4 Å². The first-order valence-corrected chi connectivity index (χ1v) is 8.02. The maximum atomic E-state index is 12.9. The molecule has 2 rings (SSSR count). The zero-order valence-electron chi connectivity index (χ0n) is 14.1. The third-order valence-corrected chi connectivity index (χ3v) is 4.08. The van der Waals surface area contributed by atoms with Gasteiger partial charge in [-0.15, -0.1) is 0 Å². The second kappa shape index (κ2) is 6.89. The van der Waals surface area contributed by atoms with Crippen LogP contribution in [0.25, 0.3) is 0 Å². The van der Waals surface area contributed by atoms with Crippen molar-refractivity contribution in [1.29, 1.82) is 0 Å². The van der Waals surface area contributed by atoms with Crippen LogP contribution in [0.15, 0.2) is 23.2 Å². The second-order valence-electron chi connectivity index (χ2n) is 5.69. The molecule has 0 atom stereocenters. The summed E-state index contributed by atoms with van der Waals surface area (Å²) < 4.78 is 0. The van der Waals surface area contributed by atoms with Gasteiger partial charge in [-0.2, -0.15) is 4.99 Å². The molecule has 0 aliphatic carbocycles. The number of amidine groups is 1. The fourth-order valence-electron chi connectivity index (χ4n) is 2.50. The average molecular weight is 386 g/mol. The number of rotatable bonds is 1. The number of halogens is 2. The van der Waals surface area contributed by atoms with E-state index in [-0.39, 0.29) is 5.84 Å². The monoisotopic (exact) mass is 385 g/mol. The zero-order chi connectivity index (χ0) is 18.9. The lowest BCUT2D eigenvalue weighted by atomic mass is 10.0. The summed E-state index contributed by atoms with van der Waals surface area (Å²) in [6, 6.07) is 2.53. The highest BCUT2D eigenvalue weighted by molar-refractivity contribution is 6.36. The number of nitrogens with zero attached hydrogens (tertiary/aromatic N) is 3. The number of urea groups is 3. The van der Waals surface area contributed by atoms with Gasteiger partial charge in [-0.3, -0.25) is 0 Å². The number of benzene rings is 1. The molecular weight excluding hydrogens is 369 g/mol. The van der Waals surface area contributed by atoms with Gasteiger partial charge in [0.05, 0.1) is 5.69 Å².